The van der Waals surface area contributed by atoms with Gasteiger partial charge in [0.2, 0.25) is 0 Å². The first kappa shape index (κ1) is 14.9. The number of esters is 3. The molecule has 3 aliphatic heterocycles. The maximum atomic E-state index is 12.6. The minimum atomic E-state index is -1.78. The Morgan fingerprint density at radius 3 is 2.39 bits per heavy atom. The Bertz CT molecular complexity index is 650. The van der Waals surface area contributed by atoms with Crippen molar-refractivity contribution >= 4 is 17.9 Å². The van der Waals surface area contributed by atoms with Crippen LogP contribution in [0.4, 0.5) is 0 Å². The largest absolute Gasteiger partial charge is 0.461 e. The van der Waals surface area contributed by atoms with Gasteiger partial charge < -0.3 is 24.4 Å². The molecule has 0 radical (unpaired) electrons. The smallest absolute Gasteiger partial charge is 0.339 e. The van der Waals surface area contributed by atoms with Crippen LogP contribution < -0.4 is 0 Å². The van der Waals surface area contributed by atoms with E-state index >= 15 is 0 Å². The maximum absolute atomic E-state index is 12.6. The zero-order valence-corrected chi connectivity index (χ0v) is 13.0. The minimum absolute atomic E-state index is 0.0679. The zero-order valence-electron chi connectivity index (χ0n) is 13.0. The van der Waals surface area contributed by atoms with Crippen LogP contribution in [0.1, 0.15) is 33.6 Å². The lowest BCUT2D eigenvalue weighted by molar-refractivity contribution is -0.224. The average Bonchev–Trinajstić information content (AvgIpc) is 3.00. The highest BCUT2D eigenvalue weighted by molar-refractivity contribution is 5.94. The average molecular weight is 326 g/mol. The molecule has 1 saturated carbocycles. The molecule has 0 aromatic heterocycles. The lowest BCUT2D eigenvalue weighted by Crippen LogP contribution is -2.65. The molecule has 6 atom stereocenters. The van der Waals surface area contributed by atoms with Crippen LogP contribution in [0.15, 0.2) is 0 Å². The molecule has 2 spiro atoms. The van der Waals surface area contributed by atoms with E-state index in [1.807, 2.05) is 0 Å². The van der Waals surface area contributed by atoms with Crippen LogP contribution in [0.3, 0.4) is 0 Å². The van der Waals surface area contributed by atoms with Crippen LogP contribution in [0, 0.1) is 16.2 Å². The van der Waals surface area contributed by atoms with E-state index in [1.165, 1.54) is 0 Å². The first-order valence-corrected chi connectivity index (χ1v) is 7.54. The van der Waals surface area contributed by atoms with E-state index in [0.29, 0.717) is 0 Å². The summed E-state index contributed by atoms with van der Waals surface area (Å²) >= 11 is 0. The van der Waals surface area contributed by atoms with E-state index in [1.54, 1.807) is 20.8 Å². The van der Waals surface area contributed by atoms with Crippen LogP contribution in [0.5, 0.6) is 0 Å². The van der Waals surface area contributed by atoms with Gasteiger partial charge in [0.05, 0.1) is 12.0 Å². The van der Waals surface area contributed by atoms with E-state index < -0.39 is 58.3 Å². The fourth-order valence-electron chi connectivity index (χ4n) is 5.15. The summed E-state index contributed by atoms with van der Waals surface area (Å²) in [5, 5.41) is 22.2. The van der Waals surface area contributed by atoms with Gasteiger partial charge in [-0.25, -0.2) is 4.79 Å². The molecule has 1 aliphatic carbocycles. The molecule has 0 aromatic rings. The SMILES string of the molecule is CC(C)(C)[C@]1(O)C[C@@H]2OC(=O)C[C@@]23C(=O)O[C@@H]2OC(=O)[C@H](O)C213. The second kappa shape index (κ2) is 3.70. The highest BCUT2D eigenvalue weighted by Crippen LogP contribution is 2.75. The van der Waals surface area contributed by atoms with Crippen molar-refractivity contribution in [3.05, 3.63) is 0 Å². The Labute approximate surface area is 131 Å². The van der Waals surface area contributed by atoms with E-state index in [0.717, 1.165) is 0 Å². The van der Waals surface area contributed by atoms with Crippen molar-refractivity contribution in [1.82, 2.24) is 0 Å². The molecule has 2 N–H and O–H groups in total. The van der Waals surface area contributed by atoms with Gasteiger partial charge in [0.25, 0.3) is 6.29 Å². The highest BCUT2D eigenvalue weighted by atomic mass is 16.7. The number of hydrogen-bond donors (Lipinski definition) is 2. The van der Waals surface area contributed by atoms with E-state index in [2.05, 4.69) is 0 Å². The molecule has 0 aromatic carbocycles. The molecule has 0 bridgehead atoms. The fraction of sp³-hybridized carbons (Fsp3) is 0.800. The van der Waals surface area contributed by atoms with E-state index in [-0.39, 0.29) is 12.8 Å². The fourth-order valence-corrected chi connectivity index (χ4v) is 5.15. The summed E-state index contributed by atoms with van der Waals surface area (Å²) in [4.78, 5) is 36.5. The number of carbonyl (C=O) groups excluding carboxylic acids is 3. The first-order valence-electron chi connectivity index (χ1n) is 7.54. The van der Waals surface area contributed by atoms with Crippen molar-refractivity contribution in [3.8, 4) is 0 Å². The molecule has 3 heterocycles. The molecular formula is C15H18O8. The molecule has 1 unspecified atom stereocenters. The molecule has 126 valence electrons. The van der Waals surface area contributed by atoms with Crippen molar-refractivity contribution in [2.24, 2.45) is 16.2 Å². The topological polar surface area (TPSA) is 119 Å². The molecule has 3 saturated heterocycles. The Hall–Kier alpha value is -1.67. The number of hydrogen-bond acceptors (Lipinski definition) is 8. The molecule has 0 amide bonds. The van der Waals surface area contributed by atoms with Gasteiger partial charge in [-0.3, -0.25) is 9.59 Å². The quantitative estimate of drug-likeness (QED) is 0.558. The Morgan fingerprint density at radius 1 is 1.13 bits per heavy atom. The maximum Gasteiger partial charge on any atom is 0.339 e. The summed E-state index contributed by atoms with van der Waals surface area (Å²) < 4.78 is 15.5. The van der Waals surface area contributed by atoms with Crippen molar-refractivity contribution in [2.75, 3.05) is 0 Å². The van der Waals surface area contributed by atoms with Gasteiger partial charge in [-0.05, 0) is 5.41 Å². The number of aliphatic hydroxyl groups excluding tert-OH is 1. The predicted octanol–water partition coefficient (Wildman–Crippen LogP) is -0.744. The molecule has 8 heteroatoms. The van der Waals surface area contributed by atoms with Gasteiger partial charge >= 0.3 is 17.9 Å². The number of rotatable bonds is 0. The molecule has 4 fully saturated rings. The van der Waals surface area contributed by atoms with Gasteiger partial charge in [0.15, 0.2) is 6.10 Å². The van der Waals surface area contributed by atoms with Crippen molar-refractivity contribution in [2.45, 2.75) is 57.7 Å². The van der Waals surface area contributed by atoms with E-state index in [9.17, 15) is 24.6 Å². The van der Waals surface area contributed by atoms with Crippen LogP contribution in [-0.2, 0) is 28.6 Å². The van der Waals surface area contributed by atoms with Gasteiger partial charge in [-0.2, -0.15) is 0 Å². The molecule has 4 rings (SSSR count). The molecule has 4 aliphatic rings. The van der Waals surface area contributed by atoms with Crippen LogP contribution in [-0.4, -0.2) is 52.2 Å². The summed E-state index contributed by atoms with van der Waals surface area (Å²) in [5.74, 6) is -2.36. The van der Waals surface area contributed by atoms with Gasteiger partial charge in [-0.15, -0.1) is 0 Å². The summed E-state index contributed by atoms with van der Waals surface area (Å²) in [5.41, 5.74) is -5.91. The zero-order chi connectivity index (χ0) is 17.0. The lowest BCUT2D eigenvalue weighted by atomic mass is 9.52. The number of ether oxygens (including phenoxy) is 3. The third kappa shape index (κ3) is 1.20. The lowest BCUT2D eigenvalue weighted by Gasteiger charge is -2.49. The number of aliphatic hydroxyl groups is 2. The van der Waals surface area contributed by atoms with E-state index in [4.69, 9.17) is 14.2 Å². The summed E-state index contributed by atoms with van der Waals surface area (Å²) in [7, 11) is 0. The summed E-state index contributed by atoms with van der Waals surface area (Å²) in [6.07, 6.45) is -4.58. The van der Waals surface area contributed by atoms with Crippen molar-refractivity contribution in [3.63, 3.8) is 0 Å². The van der Waals surface area contributed by atoms with Gasteiger partial charge in [0, 0.05) is 6.42 Å². The minimum Gasteiger partial charge on any atom is -0.461 e. The third-order valence-electron chi connectivity index (χ3n) is 6.22. The normalized spacial score (nSPS) is 51.0. The summed E-state index contributed by atoms with van der Waals surface area (Å²) in [6, 6.07) is 0. The van der Waals surface area contributed by atoms with Gasteiger partial charge in [0.1, 0.15) is 16.9 Å². The first-order chi connectivity index (χ1) is 10.5. The highest BCUT2D eigenvalue weighted by Gasteiger charge is 2.92. The number of carbonyl (C=O) groups is 3. The van der Waals surface area contributed by atoms with Crippen LogP contribution in [0.25, 0.3) is 0 Å². The summed E-state index contributed by atoms with van der Waals surface area (Å²) in [6.45, 7) is 5.19. The third-order valence-corrected chi connectivity index (χ3v) is 6.22. The molecular weight excluding hydrogens is 308 g/mol. The van der Waals surface area contributed by atoms with Crippen molar-refractivity contribution in [1.29, 1.82) is 0 Å². The molecule has 8 nitrogen and oxygen atoms in total. The Morgan fingerprint density at radius 2 is 1.78 bits per heavy atom. The second-order valence-electron chi connectivity index (χ2n) is 7.89. The Kier molecular flexibility index (Phi) is 2.39. The Balaban J connectivity index is 2.05. The molecule has 23 heavy (non-hydrogen) atoms. The monoisotopic (exact) mass is 326 g/mol. The van der Waals surface area contributed by atoms with Crippen molar-refractivity contribution < 1.29 is 38.8 Å². The van der Waals surface area contributed by atoms with Crippen LogP contribution in [0.2, 0.25) is 0 Å². The second-order valence-corrected chi connectivity index (χ2v) is 7.89. The standard InChI is InChI=1S/C15H18O8/c1-12(2,3)14(20)4-6-13(5-7(16)21-6)10(19)23-11-15(13,14)8(17)9(18)22-11/h6,8,11,17,20H,4-5H2,1-3H3/t6-,8-,11-,13-,14+,15?/m0/s1. The van der Waals surface area contributed by atoms with Crippen LogP contribution >= 0.6 is 0 Å². The predicted molar refractivity (Wildman–Crippen MR) is 70.4 cm³/mol. The van der Waals surface area contributed by atoms with Gasteiger partial charge in [-0.1, -0.05) is 20.8 Å².